The molecule has 3 aromatic carbocycles. The van der Waals surface area contributed by atoms with E-state index in [1.165, 1.54) is 9.20 Å². The van der Waals surface area contributed by atoms with Gasteiger partial charge in [0.2, 0.25) is 0 Å². The van der Waals surface area contributed by atoms with Gasteiger partial charge in [-0.3, -0.25) is 4.79 Å². The Morgan fingerprint density at radius 3 is 2.10 bits per heavy atom. The molecule has 0 aliphatic carbocycles. The number of aromatic nitrogens is 5. The fourth-order valence-corrected chi connectivity index (χ4v) is 5.65. The van der Waals surface area contributed by atoms with Crippen LogP contribution in [0.3, 0.4) is 0 Å². The molecule has 0 aliphatic rings. The fraction of sp³-hybridized carbons (Fsp3) is 0.256. The fourth-order valence-electron chi connectivity index (χ4n) is 5.65. The van der Waals surface area contributed by atoms with Gasteiger partial charge in [-0.05, 0) is 49.9 Å². The third-order valence-electron chi connectivity index (χ3n) is 8.10. The quantitative estimate of drug-likeness (QED) is 0.121. The van der Waals surface area contributed by atoms with Gasteiger partial charge in [0.25, 0.3) is 5.56 Å². The number of alkyl carbamates (subject to hydrolysis) is 1. The van der Waals surface area contributed by atoms with Gasteiger partial charge in [-0.15, -0.1) is 0 Å². The number of esters is 1. The lowest BCUT2D eigenvalue weighted by atomic mass is 10.0. The third-order valence-corrected chi connectivity index (χ3v) is 8.10. The first-order chi connectivity index (χ1) is 24.9. The van der Waals surface area contributed by atoms with Crippen LogP contribution in [0, 0.1) is 5.92 Å². The van der Waals surface area contributed by atoms with E-state index in [9.17, 15) is 14.4 Å². The number of anilines is 2. The SMILES string of the molecule is COc1ccc(-c2c(Nc3ccn(COC(=O)[C@@H](NC(=O)OC(C)(C)C)C(C)C)n3)[nH]c3c(-c4ccccc4)c(-c4ccccc4)nn3c2=O)cc1. The first-order valence-corrected chi connectivity index (χ1v) is 16.8. The highest BCUT2D eigenvalue weighted by molar-refractivity contribution is 5.92. The minimum Gasteiger partial charge on any atom is -0.497 e. The highest BCUT2D eigenvalue weighted by atomic mass is 16.6. The van der Waals surface area contributed by atoms with Crippen LogP contribution in [-0.2, 0) is 21.0 Å². The number of ether oxygens (including phenoxy) is 3. The standard InChI is InChI=1S/C39H41N7O6/c1-24(2)32(41-38(49)52-39(3,4)5)37(48)51-23-45-22-21-29(43-45)40-34-31(26-17-19-28(50-6)20-18-26)36(47)46-35(42-34)30(25-13-9-7-10-14-25)33(44-46)27-15-11-8-12-16-27/h7-22,24,32,42H,23H2,1-6H3,(H,40,43)(H,41,49)/t32-/m0/s1. The Kier molecular flexibility index (Phi) is 10.1. The van der Waals surface area contributed by atoms with Crippen LogP contribution < -0.4 is 20.9 Å². The third kappa shape index (κ3) is 7.83. The summed E-state index contributed by atoms with van der Waals surface area (Å²) in [5.74, 6) is 0.502. The summed E-state index contributed by atoms with van der Waals surface area (Å²) in [5, 5.41) is 15.3. The lowest BCUT2D eigenvalue weighted by Crippen LogP contribution is -2.47. The minimum atomic E-state index is -0.929. The number of fused-ring (bicyclic) bond motifs is 1. The summed E-state index contributed by atoms with van der Waals surface area (Å²) in [5.41, 5.74) is 3.49. The van der Waals surface area contributed by atoms with Crippen LogP contribution in [0.1, 0.15) is 34.6 Å². The smallest absolute Gasteiger partial charge is 0.408 e. The van der Waals surface area contributed by atoms with Crippen molar-refractivity contribution in [3.63, 3.8) is 0 Å². The molecular formula is C39H41N7O6. The molecule has 0 fully saturated rings. The lowest BCUT2D eigenvalue weighted by molar-refractivity contribution is -0.151. The monoisotopic (exact) mass is 703 g/mol. The molecule has 6 aromatic rings. The summed E-state index contributed by atoms with van der Waals surface area (Å²) in [4.78, 5) is 43.3. The van der Waals surface area contributed by atoms with Gasteiger partial charge in [0, 0.05) is 17.8 Å². The van der Waals surface area contributed by atoms with E-state index in [2.05, 4.69) is 20.7 Å². The molecule has 0 spiro atoms. The van der Waals surface area contributed by atoms with Gasteiger partial charge in [0.1, 0.15) is 34.6 Å². The van der Waals surface area contributed by atoms with E-state index in [0.29, 0.717) is 39.9 Å². The number of benzene rings is 3. The van der Waals surface area contributed by atoms with Crippen LogP contribution in [0.4, 0.5) is 16.4 Å². The highest BCUT2D eigenvalue weighted by Gasteiger charge is 2.29. The van der Waals surface area contributed by atoms with Crippen molar-refractivity contribution in [1.29, 1.82) is 0 Å². The van der Waals surface area contributed by atoms with Crippen molar-refractivity contribution in [1.82, 2.24) is 29.7 Å². The van der Waals surface area contributed by atoms with Crippen LogP contribution in [0.2, 0.25) is 0 Å². The molecule has 3 aromatic heterocycles. The second-order valence-electron chi connectivity index (χ2n) is 13.5. The van der Waals surface area contributed by atoms with Crippen molar-refractivity contribution < 1.29 is 23.8 Å². The Labute approximate surface area is 300 Å². The second-order valence-corrected chi connectivity index (χ2v) is 13.5. The largest absolute Gasteiger partial charge is 0.497 e. The van der Waals surface area contributed by atoms with Crippen molar-refractivity contribution in [2.45, 2.75) is 53.0 Å². The molecule has 0 unspecified atom stereocenters. The molecule has 1 amide bonds. The number of H-pyrrole nitrogens is 1. The van der Waals surface area contributed by atoms with E-state index in [1.54, 1.807) is 78.3 Å². The van der Waals surface area contributed by atoms with Gasteiger partial charge in [-0.25, -0.2) is 14.3 Å². The van der Waals surface area contributed by atoms with Gasteiger partial charge in [-0.2, -0.15) is 14.7 Å². The highest BCUT2D eigenvalue weighted by Crippen LogP contribution is 2.36. The van der Waals surface area contributed by atoms with Gasteiger partial charge in [-0.1, -0.05) is 86.6 Å². The number of carbonyl (C=O) groups is 2. The summed E-state index contributed by atoms with van der Waals surface area (Å²) in [6.45, 7) is 8.60. The van der Waals surface area contributed by atoms with E-state index < -0.39 is 23.7 Å². The number of hydrogen-bond acceptors (Lipinski definition) is 9. The number of methoxy groups -OCH3 is 1. The average molecular weight is 704 g/mol. The summed E-state index contributed by atoms with van der Waals surface area (Å²) in [7, 11) is 1.58. The maximum absolute atomic E-state index is 14.5. The predicted octanol–water partition coefficient (Wildman–Crippen LogP) is 7.02. The van der Waals surface area contributed by atoms with Gasteiger partial charge >= 0.3 is 12.1 Å². The molecule has 0 saturated carbocycles. The minimum absolute atomic E-state index is 0.220. The summed E-state index contributed by atoms with van der Waals surface area (Å²) < 4.78 is 19.0. The van der Waals surface area contributed by atoms with E-state index >= 15 is 0 Å². The molecule has 3 heterocycles. The van der Waals surface area contributed by atoms with Crippen LogP contribution in [0.25, 0.3) is 39.2 Å². The van der Waals surface area contributed by atoms with Crippen molar-refractivity contribution in [2.24, 2.45) is 5.92 Å². The molecule has 0 saturated heterocycles. The topological polar surface area (TPSA) is 154 Å². The summed E-state index contributed by atoms with van der Waals surface area (Å²) in [6.07, 6.45) is 0.920. The Hall–Kier alpha value is -6.37. The van der Waals surface area contributed by atoms with Crippen molar-refractivity contribution >= 4 is 29.3 Å². The zero-order valence-corrected chi connectivity index (χ0v) is 29.8. The molecule has 52 heavy (non-hydrogen) atoms. The number of amides is 1. The normalized spacial score (nSPS) is 12.1. The second kappa shape index (κ2) is 14.9. The van der Waals surface area contributed by atoms with Crippen LogP contribution in [0.15, 0.2) is 102 Å². The molecule has 13 heteroatoms. The lowest BCUT2D eigenvalue weighted by Gasteiger charge is -2.24. The number of hydrogen-bond donors (Lipinski definition) is 3. The number of carbonyl (C=O) groups excluding carboxylic acids is 2. The first kappa shape index (κ1) is 35.5. The van der Waals surface area contributed by atoms with Gasteiger partial charge < -0.3 is 29.8 Å². The molecule has 3 N–H and O–H groups in total. The molecular weight excluding hydrogens is 662 g/mol. The summed E-state index contributed by atoms with van der Waals surface area (Å²) >= 11 is 0. The Morgan fingerprint density at radius 2 is 1.48 bits per heavy atom. The zero-order valence-electron chi connectivity index (χ0n) is 29.8. The molecule has 13 nitrogen and oxygen atoms in total. The number of nitrogens with one attached hydrogen (secondary N) is 3. The zero-order chi connectivity index (χ0) is 37.0. The maximum Gasteiger partial charge on any atom is 0.408 e. The van der Waals surface area contributed by atoms with Crippen LogP contribution in [-0.4, -0.2) is 55.2 Å². The van der Waals surface area contributed by atoms with E-state index in [4.69, 9.17) is 19.3 Å². The molecule has 0 radical (unpaired) electrons. The summed E-state index contributed by atoms with van der Waals surface area (Å²) in [6, 6.07) is 27.4. The maximum atomic E-state index is 14.5. The van der Waals surface area contributed by atoms with E-state index in [-0.39, 0.29) is 18.2 Å². The number of aromatic amines is 1. The van der Waals surface area contributed by atoms with Crippen molar-refractivity contribution in [3.05, 3.63) is 108 Å². The average Bonchev–Trinajstić information content (AvgIpc) is 3.74. The van der Waals surface area contributed by atoms with Gasteiger partial charge in [0.15, 0.2) is 12.5 Å². The van der Waals surface area contributed by atoms with Crippen molar-refractivity contribution in [3.8, 4) is 39.3 Å². The molecule has 0 bridgehead atoms. The predicted molar refractivity (Wildman–Crippen MR) is 198 cm³/mol. The molecule has 6 rings (SSSR count). The van der Waals surface area contributed by atoms with Gasteiger partial charge in [0.05, 0.1) is 18.2 Å². The van der Waals surface area contributed by atoms with Crippen molar-refractivity contribution in [2.75, 3.05) is 12.4 Å². The molecule has 0 aliphatic heterocycles. The Morgan fingerprint density at radius 1 is 0.846 bits per heavy atom. The van der Waals surface area contributed by atoms with E-state index in [1.807, 2.05) is 60.7 Å². The number of rotatable bonds is 11. The first-order valence-electron chi connectivity index (χ1n) is 16.8. The number of nitrogens with zero attached hydrogens (tertiary/aromatic N) is 4. The molecule has 1 atom stereocenters. The van der Waals surface area contributed by atoms with Crippen LogP contribution in [0.5, 0.6) is 5.75 Å². The molecule has 268 valence electrons. The Balaban J connectivity index is 1.36. The van der Waals surface area contributed by atoms with E-state index in [0.717, 1.165) is 16.7 Å². The van der Waals surface area contributed by atoms with Crippen LogP contribution >= 0.6 is 0 Å². The Bertz CT molecular complexity index is 2240.